The van der Waals surface area contributed by atoms with Crippen molar-refractivity contribution in [2.45, 2.75) is 32.9 Å². The highest BCUT2D eigenvalue weighted by Crippen LogP contribution is 2.15. The Kier molecular flexibility index (Phi) is 6.12. The summed E-state index contributed by atoms with van der Waals surface area (Å²) in [5.41, 5.74) is 2.39. The van der Waals surface area contributed by atoms with Crippen molar-refractivity contribution < 1.29 is 14.9 Å². The predicted molar refractivity (Wildman–Crippen MR) is 96.3 cm³/mol. The topological polar surface area (TPSA) is 62.8 Å². The molecule has 0 aromatic heterocycles. The van der Waals surface area contributed by atoms with Crippen LogP contribution in [-0.4, -0.2) is 17.7 Å². The maximum Gasteiger partial charge on any atom is 0.282 e. The van der Waals surface area contributed by atoms with E-state index in [9.17, 15) is 9.59 Å². The zero-order chi connectivity index (χ0) is 17.7. The molecule has 2 aromatic rings. The van der Waals surface area contributed by atoms with Gasteiger partial charge < -0.3 is 10.6 Å². The summed E-state index contributed by atoms with van der Waals surface area (Å²) < 4.78 is 0. The third kappa shape index (κ3) is 4.91. The van der Waals surface area contributed by atoms with Crippen LogP contribution < -0.4 is 10.6 Å². The summed E-state index contributed by atoms with van der Waals surface area (Å²) in [5.74, 6) is -0.0793. The summed E-state index contributed by atoms with van der Waals surface area (Å²) in [6, 6.07) is 14.4. The van der Waals surface area contributed by atoms with Crippen molar-refractivity contribution in [3.05, 3.63) is 64.7 Å². The number of hydrogen-bond donors (Lipinski definition) is 2. The van der Waals surface area contributed by atoms with Crippen LogP contribution in [0.3, 0.4) is 0 Å². The van der Waals surface area contributed by atoms with Crippen molar-refractivity contribution in [1.82, 2.24) is 0 Å². The van der Waals surface area contributed by atoms with Crippen LogP contribution in [0.1, 0.15) is 42.7 Å². The number of carbonyl (C=O) groups excluding carboxylic acids is 2. The highest BCUT2D eigenvalue weighted by atomic mass is 35.5. The van der Waals surface area contributed by atoms with Crippen molar-refractivity contribution >= 4 is 29.0 Å². The fourth-order valence-corrected chi connectivity index (χ4v) is 2.66. The molecule has 0 unspecified atom stereocenters. The molecule has 0 saturated heterocycles. The molecule has 5 heteroatoms. The Balaban J connectivity index is 1.95. The largest absolute Gasteiger partial charge is 0.330 e. The van der Waals surface area contributed by atoms with Gasteiger partial charge in [-0.05, 0) is 57.2 Å². The van der Waals surface area contributed by atoms with Crippen LogP contribution in [-0.2, 0) is 4.79 Å². The van der Waals surface area contributed by atoms with Gasteiger partial charge in [0.15, 0.2) is 11.8 Å². The van der Waals surface area contributed by atoms with Crippen molar-refractivity contribution in [3.63, 3.8) is 0 Å². The lowest BCUT2D eigenvalue weighted by atomic mass is 10.1. The second-order valence-electron chi connectivity index (χ2n) is 5.95. The number of hydrogen-bond acceptors (Lipinski definition) is 2. The number of Topliss-reactive ketones (excluding diaryl/α,β-unsaturated/α-hetero) is 1. The highest BCUT2D eigenvalue weighted by Gasteiger charge is 2.20. The SMILES string of the molecule is CC(=O)c1ccc(NC(=O)[C@H](C)[NH2+][C@@H](C)c2cccc(Cl)c2)cc1. The molecule has 0 saturated carbocycles. The minimum atomic E-state index is -0.258. The molecule has 0 aliphatic rings. The second-order valence-corrected chi connectivity index (χ2v) is 6.38. The Morgan fingerprint density at radius 3 is 2.33 bits per heavy atom. The van der Waals surface area contributed by atoms with Crippen molar-refractivity contribution in [1.29, 1.82) is 0 Å². The van der Waals surface area contributed by atoms with Gasteiger partial charge in [-0.2, -0.15) is 0 Å². The van der Waals surface area contributed by atoms with Crippen molar-refractivity contribution in [3.8, 4) is 0 Å². The van der Waals surface area contributed by atoms with Gasteiger partial charge in [0.25, 0.3) is 5.91 Å². The zero-order valence-corrected chi connectivity index (χ0v) is 14.8. The number of nitrogens with two attached hydrogens (primary N) is 1. The van der Waals surface area contributed by atoms with Gasteiger partial charge in [-0.25, -0.2) is 0 Å². The molecule has 4 nitrogen and oxygen atoms in total. The van der Waals surface area contributed by atoms with Crippen LogP contribution in [0.25, 0.3) is 0 Å². The third-order valence-electron chi connectivity index (χ3n) is 3.92. The molecule has 126 valence electrons. The summed E-state index contributed by atoms with van der Waals surface area (Å²) in [5, 5.41) is 5.55. The summed E-state index contributed by atoms with van der Waals surface area (Å²) in [7, 11) is 0. The lowest BCUT2D eigenvalue weighted by Crippen LogP contribution is -2.91. The van der Waals surface area contributed by atoms with E-state index in [1.54, 1.807) is 24.3 Å². The van der Waals surface area contributed by atoms with Crippen molar-refractivity contribution in [2.75, 3.05) is 5.32 Å². The molecule has 1 amide bonds. The van der Waals surface area contributed by atoms with E-state index in [0.29, 0.717) is 16.3 Å². The lowest BCUT2D eigenvalue weighted by Gasteiger charge is -2.17. The Bertz CT molecular complexity index is 728. The molecule has 0 bridgehead atoms. The molecular weight excluding hydrogens is 324 g/mol. The Labute approximate surface area is 147 Å². The molecule has 24 heavy (non-hydrogen) atoms. The maximum absolute atomic E-state index is 12.3. The second kappa shape index (κ2) is 8.08. The molecule has 0 aliphatic heterocycles. The summed E-state index contributed by atoms with van der Waals surface area (Å²) >= 11 is 6.01. The average molecular weight is 346 g/mol. The standard InChI is InChI=1S/C19H21ClN2O2/c1-12(16-5-4-6-17(20)11-16)21-13(2)19(24)22-18-9-7-15(8-10-18)14(3)23/h4-13,21H,1-3H3,(H,22,24)/p+1/t12-,13-/m0/s1. The number of nitrogens with one attached hydrogen (secondary N) is 1. The van der Waals surface area contributed by atoms with Gasteiger partial charge in [-0.15, -0.1) is 0 Å². The molecule has 0 radical (unpaired) electrons. The number of anilines is 1. The molecule has 0 fully saturated rings. The van der Waals surface area contributed by atoms with Gasteiger partial charge >= 0.3 is 0 Å². The molecular formula is C19H22ClN2O2+. The van der Waals surface area contributed by atoms with E-state index < -0.39 is 0 Å². The van der Waals surface area contributed by atoms with E-state index in [-0.39, 0.29) is 23.8 Å². The van der Waals surface area contributed by atoms with Gasteiger partial charge in [0.2, 0.25) is 0 Å². The van der Waals surface area contributed by atoms with Gasteiger partial charge in [-0.3, -0.25) is 9.59 Å². The number of quaternary nitrogens is 1. The Morgan fingerprint density at radius 1 is 1.08 bits per heavy atom. The van der Waals surface area contributed by atoms with E-state index in [1.807, 2.05) is 43.4 Å². The number of halogens is 1. The van der Waals surface area contributed by atoms with Crippen LogP contribution in [0.2, 0.25) is 5.02 Å². The number of rotatable bonds is 6. The van der Waals surface area contributed by atoms with E-state index in [1.165, 1.54) is 6.92 Å². The van der Waals surface area contributed by atoms with Crippen LogP contribution in [0.15, 0.2) is 48.5 Å². The van der Waals surface area contributed by atoms with Crippen LogP contribution in [0.4, 0.5) is 5.69 Å². The van der Waals surface area contributed by atoms with Gasteiger partial charge in [-0.1, -0.05) is 23.7 Å². The molecule has 0 heterocycles. The smallest absolute Gasteiger partial charge is 0.282 e. The Morgan fingerprint density at radius 2 is 1.75 bits per heavy atom. The molecule has 2 rings (SSSR count). The van der Waals surface area contributed by atoms with Crippen LogP contribution >= 0.6 is 11.6 Å². The first-order valence-corrected chi connectivity index (χ1v) is 8.27. The quantitative estimate of drug-likeness (QED) is 0.790. The molecule has 0 spiro atoms. The first-order chi connectivity index (χ1) is 11.4. The summed E-state index contributed by atoms with van der Waals surface area (Å²) in [4.78, 5) is 23.6. The number of carbonyl (C=O) groups is 2. The van der Waals surface area contributed by atoms with Gasteiger partial charge in [0, 0.05) is 21.8 Å². The number of amides is 1. The minimum absolute atomic E-state index is 0.00456. The first-order valence-electron chi connectivity index (χ1n) is 7.89. The fourth-order valence-electron chi connectivity index (χ4n) is 2.47. The summed E-state index contributed by atoms with van der Waals surface area (Å²) in [6.07, 6.45) is 0. The van der Waals surface area contributed by atoms with E-state index >= 15 is 0 Å². The number of benzene rings is 2. The van der Waals surface area contributed by atoms with Gasteiger partial charge in [0.1, 0.15) is 6.04 Å². The maximum atomic E-state index is 12.3. The van der Waals surface area contributed by atoms with Crippen LogP contribution in [0.5, 0.6) is 0 Å². The first kappa shape index (κ1) is 18.2. The van der Waals surface area contributed by atoms with E-state index in [0.717, 1.165) is 5.56 Å². The lowest BCUT2D eigenvalue weighted by molar-refractivity contribution is -0.709. The summed E-state index contributed by atoms with van der Waals surface area (Å²) in [6.45, 7) is 5.42. The number of ketones is 1. The fraction of sp³-hybridized carbons (Fsp3) is 0.263. The normalized spacial score (nSPS) is 13.2. The zero-order valence-electron chi connectivity index (χ0n) is 14.0. The monoisotopic (exact) mass is 345 g/mol. The molecule has 2 aromatic carbocycles. The van der Waals surface area contributed by atoms with Gasteiger partial charge in [0.05, 0.1) is 0 Å². The predicted octanol–water partition coefficient (Wildman–Crippen LogP) is 3.19. The molecule has 3 N–H and O–H groups in total. The minimum Gasteiger partial charge on any atom is -0.330 e. The third-order valence-corrected chi connectivity index (χ3v) is 4.16. The molecule has 2 atom stereocenters. The van der Waals surface area contributed by atoms with Crippen LogP contribution in [0, 0.1) is 0 Å². The average Bonchev–Trinajstić information content (AvgIpc) is 2.55. The van der Waals surface area contributed by atoms with E-state index in [2.05, 4.69) is 5.32 Å². The van der Waals surface area contributed by atoms with E-state index in [4.69, 9.17) is 11.6 Å². The Hall–Kier alpha value is -2.17. The molecule has 0 aliphatic carbocycles. The highest BCUT2D eigenvalue weighted by molar-refractivity contribution is 6.30. The van der Waals surface area contributed by atoms with Crippen molar-refractivity contribution in [2.24, 2.45) is 0 Å².